The third kappa shape index (κ3) is 0.494. The Morgan fingerprint density at radius 3 is 3.38 bits per heavy atom. The molecule has 0 N–H and O–H groups in total. The Balaban J connectivity index is 2.13. The normalized spacial score (nSPS) is 43.0. The van der Waals surface area contributed by atoms with E-state index in [1.807, 2.05) is 6.21 Å². The molecule has 44 valence electrons. The lowest BCUT2D eigenvalue weighted by atomic mass is 10.0. The van der Waals surface area contributed by atoms with Crippen LogP contribution in [-0.4, -0.2) is 26.0 Å². The Hall–Kier alpha value is -0.370. The number of aliphatic imine (C=N–C) groups is 1. The topological polar surface area (TPSA) is 21.6 Å². The molecule has 2 nitrogen and oxygen atoms in total. The summed E-state index contributed by atoms with van der Waals surface area (Å²) in [5.41, 5.74) is 0. The van der Waals surface area contributed by atoms with Gasteiger partial charge in [-0.25, -0.2) is 0 Å². The second kappa shape index (κ2) is 1.55. The fourth-order valence-electron chi connectivity index (χ4n) is 1.30. The second-order valence-electron chi connectivity index (χ2n) is 2.48. The van der Waals surface area contributed by atoms with Crippen molar-refractivity contribution in [2.24, 2.45) is 16.8 Å². The highest BCUT2D eigenvalue weighted by Crippen LogP contribution is 2.23. The molecule has 2 aliphatic heterocycles. The smallest absolute Gasteiger partial charge is 0.0548 e. The van der Waals surface area contributed by atoms with Gasteiger partial charge in [-0.05, 0) is 0 Å². The number of ether oxygens (including phenoxy) is 1. The summed E-state index contributed by atoms with van der Waals surface area (Å²) in [7, 11) is 0. The van der Waals surface area contributed by atoms with Crippen molar-refractivity contribution in [2.45, 2.75) is 0 Å². The third-order valence-electron chi connectivity index (χ3n) is 1.88. The molecule has 2 rings (SSSR count). The van der Waals surface area contributed by atoms with Crippen LogP contribution in [0.1, 0.15) is 0 Å². The average molecular weight is 111 g/mol. The summed E-state index contributed by atoms with van der Waals surface area (Å²) in [5.74, 6) is 1.39. The highest BCUT2D eigenvalue weighted by atomic mass is 16.5. The van der Waals surface area contributed by atoms with Gasteiger partial charge in [-0.1, -0.05) is 0 Å². The van der Waals surface area contributed by atoms with E-state index in [9.17, 15) is 0 Å². The lowest BCUT2D eigenvalue weighted by Crippen LogP contribution is -2.08. The van der Waals surface area contributed by atoms with Gasteiger partial charge < -0.3 is 4.74 Å². The molecule has 0 aliphatic carbocycles. The highest BCUT2D eigenvalue weighted by molar-refractivity contribution is 5.64. The van der Waals surface area contributed by atoms with Crippen molar-refractivity contribution in [3.63, 3.8) is 0 Å². The second-order valence-corrected chi connectivity index (χ2v) is 2.48. The largest absolute Gasteiger partial charge is 0.380 e. The van der Waals surface area contributed by atoms with Crippen molar-refractivity contribution in [3.8, 4) is 0 Å². The van der Waals surface area contributed by atoms with E-state index in [0.717, 1.165) is 25.7 Å². The molecular weight excluding hydrogens is 102 g/mol. The zero-order valence-electron chi connectivity index (χ0n) is 4.71. The van der Waals surface area contributed by atoms with Crippen LogP contribution in [0.4, 0.5) is 0 Å². The van der Waals surface area contributed by atoms with Crippen LogP contribution >= 0.6 is 0 Å². The lowest BCUT2D eigenvalue weighted by molar-refractivity contribution is 0.184. The van der Waals surface area contributed by atoms with Gasteiger partial charge in [-0.15, -0.1) is 0 Å². The van der Waals surface area contributed by atoms with Gasteiger partial charge >= 0.3 is 0 Å². The molecule has 0 radical (unpaired) electrons. The summed E-state index contributed by atoms with van der Waals surface area (Å²) in [6.45, 7) is 2.85. The number of nitrogens with zero attached hydrogens (tertiary/aromatic N) is 1. The summed E-state index contributed by atoms with van der Waals surface area (Å²) < 4.78 is 5.22. The van der Waals surface area contributed by atoms with E-state index in [1.165, 1.54) is 0 Å². The Bertz CT molecular complexity index is 122. The molecule has 2 atom stereocenters. The minimum atomic E-state index is 0.662. The maximum atomic E-state index is 5.22. The Morgan fingerprint density at radius 1 is 1.50 bits per heavy atom. The van der Waals surface area contributed by atoms with Crippen LogP contribution in [0.5, 0.6) is 0 Å². The van der Waals surface area contributed by atoms with Gasteiger partial charge in [0.25, 0.3) is 0 Å². The SMILES string of the molecule is C1=NCC2COCC12. The first-order chi connectivity index (χ1) is 3.97. The van der Waals surface area contributed by atoms with Crippen molar-refractivity contribution in [3.05, 3.63) is 0 Å². The van der Waals surface area contributed by atoms with E-state index in [1.54, 1.807) is 0 Å². The van der Waals surface area contributed by atoms with Crippen molar-refractivity contribution in [2.75, 3.05) is 19.8 Å². The molecule has 0 aromatic rings. The van der Waals surface area contributed by atoms with E-state index in [0.29, 0.717) is 5.92 Å². The van der Waals surface area contributed by atoms with Gasteiger partial charge in [-0.2, -0.15) is 0 Å². The van der Waals surface area contributed by atoms with Gasteiger partial charge in [0.1, 0.15) is 0 Å². The molecular formula is C6H9NO. The van der Waals surface area contributed by atoms with E-state index in [2.05, 4.69) is 4.99 Å². The van der Waals surface area contributed by atoms with Crippen molar-refractivity contribution < 1.29 is 4.74 Å². The summed E-state index contributed by atoms with van der Waals surface area (Å²) in [4.78, 5) is 4.16. The lowest BCUT2D eigenvalue weighted by Gasteiger charge is -1.98. The van der Waals surface area contributed by atoms with Crippen LogP contribution in [0, 0.1) is 11.8 Å². The molecule has 0 spiro atoms. The van der Waals surface area contributed by atoms with Crippen LogP contribution in [0.3, 0.4) is 0 Å². The number of hydrogen-bond acceptors (Lipinski definition) is 2. The Morgan fingerprint density at radius 2 is 2.50 bits per heavy atom. The molecule has 0 saturated carbocycles. The molecule has 0 bridgehead atoms. The molecule has 2 aliphatic rings. The van der Waals surface area contributed by atoms with E-state index >= 15 is 0 Å². The van der Waals surface area contributed by atoms with Crippen LogP contribution in [0.25, 0.3) is 0 Å². The van der Waals surface area contributed by atoms with Gasteiger partial charge in [-0.3, -0.25) is 4.99 Å². The maximum Gasteiger partial charge on any atom is 0.0548 e. The fraction of sp³-hybridized carbons (Fsp3) is 0.833. The average Bonchev–Trinajstić information content (AvgIpc) is 2.15. The predicted octanol–water partition coefficient (Wildman–Crippen LogP) is 0.333. The quantitative estimate of drug-likeness (QED) is 0.441. The van der Waals surface area contributed by atoms with Crippen molar-refractivity contribution >= 4 is 6.21 Å². The van der Waals surface area contributed by atoms with E-state index in [4.69, 9.17) is 4.74 Å². The molecule has 0 amide bonds. The van der Waals surface area contributed by atoms with Gasteiger partial charge in [0.2, 0.25) is 0 Å². The molecule has 8 heavy (non-hydrogen) atoms. The van der Waals surface area contributed by atoms with E-state index in [-0.39, 0.29) is 0 Å². The maximum absolute atomic E-state index is 5.22. The van der Waals surface area contributed by atoms with Crippen LogP contribution < -0.4 is 0 Å². The Labute approximate surface area is 48.6 Å². The monoisotopic (exact) mass is 111 g/mol. The van der Waals surface area contributed by atoms with Gasteiger partial charge in [0.15, 0.2) is 0 Å². The van der Waals surface area contributed by atoms with Crippen LogP contribution in [0.15, 0.2) is 4.99 Å². The highest BCUT2D eigenvalue weighted by Gasteiger charge is 2.29. The molecule has 0 aromatic carbocycles. The van der Waals surface area contributed by atoms with Crippen molar-refractivity contribution in [1.29, 1.82) is 0 Å². The van der Waals surface area contributed by atoms with Crippen LogP contribution in [-0.2, 0) is 4.74 Å². The van der Waals surface area contributed by atoms with Gasteiger partial charge in [0.05, 0.1) is 13.2 Å². The summed E-state index contributed by atoms with van der Waals surface area (Å²) in [5, 5.41) is 0. The van der Waals surface area contributed by atoms with Gasteiger partial charge in [0, 0.05) is 24.6 Å². The number of fused-ring (bicyclic) bond motifs is 1. The first-order valence-corrected chi connectivity index (χ1v) is 3.04. The molecule has 2 heterocycles. The third-order valence-corrected chi connectivity index (χ3v) is 1.88. The number of hydrogen-bond donors (Lipinski definition) is 0. The summed E-state index contributed by atoms with van der Waals surface area (Å²) >= 11 is 0. The Kier molecular flexibility index (Phi) is 0.875. The zero-order valence-corrected chi connectivity index (χ0v) is 4.71. The van der Waals surface area contributed by atoms with Crippen LogP contribution in [0.2, 0.25) is 0 Å². The first-order valence-electron chi connectivity index (χ1n) is 3.04. The van der Waals surface area contributed by atoms with Crippen molar-refractivity contribution in [1.82, 2.24) is 0 Å². The fourth-order valence-corrected chi connectivity index (χ4v) is 1.30. The minimum absolute atomic E-state index is 0.662. The van der Waals surface area contributed by atoms with E-state index < -0.39 is 0 Å². The molecule has 2 heteroatoms. The molecule has 2 unspecified atom stereocenters. The summed E-state index contributed by atoms with van der Waals surface area (Å²) in [6, 6.07) is 0. The number of rotatable bonds is 0. The molecule has 1 saturated heterocycles. The predicted molar refractivity (Wildman–Crippen MR) is 31.2 cm³/mol. The first kappa shape index (κ1) is 4.50. The minimum Gasteiger partial charge on any atom is -0.380 e. The molecule has 1 fully saturated rings. The molecule has 0 aromatic heterocycles. The zero-order chi connectivity index (χ0) is 5.40. The standard InChI is InChI=1S/C6H9NO/c1-5-3-8-4-6(5)2-7-1/h1,5-6H,2-4H2. The summed E-state index contributed by atoms with van der Waals surface area (Å²) in [6.07, 6.45) is 2.04.